The van der Waals surface area contributed by atoms with E-state index in [-0.39, 0.29) is 11.3 Å². The number of benzene rings is 2. The van der Waals surface area contributed by atoms with Crippen LogP contribution >= 0.6 is 0 Å². The number of H-pyrrole nitrogens is 1. The Hall–Kier alpha value is -2.82. The fraction of sp³-hybridized carbons (Fsp3) is 0.125. The normalized spacial score (nSPS) is 10.9. The Labute approximate surface area is 120 Å². The Morgan fingerprint density at radius 2 is 2.05 bits per heavy atom. The summed E-state index contributed by atoms with van der Waals surface area (Å²) < 4.78 is 1.61. The molecule has 0 aliphatic rings. The first-order chi connectivity index (χ1) is 10.0. The molecular formula is C16H14N2O3. The van der Waals surface area contributed by atoms with Crippen molar-refractivity contribution in [3.8, 4) is 0 Å². The summed E-state index contributed by atoms with van der Waals surface area (Å²) >= 11 is 0. The number of rotatable bonds is 3. The van der Waals surface area contributed by atoms with Crippen molar-refractivity contribution in [2.24, 2.45) is 0 Å². The van der Waals surface area contributed by atoms with Crippen molar-refractivity contribution in [1.82, 2.24) is 9.55 Å². The Morgan fingerprint density at radius 3 is 2.76 bits per heavy atom. The SMILES string of the molecule is Cc1cccc(Cn2c(=O)[nH]c3cc(C(=O)O)ccc32)c1. The van der Waals surface area contributed by atoms with Gasteiger partial charge in [0.25, 0.3) is 0 Å². The van der Waals surface area contributed by atoms with Crippen molar-refractivity contribution in [3.63, 3.8) is 0 Å². The molecule has 21 heavy (non-hydrogen) atoms. The quantitative estimate of drug-likeness (QED) is 0.774. The van der Waals surface area contributed by atoms with Crippen molar-refractivity contribution >= 4 is 17.0 Å². The topological polar surface area (TPSA) is 75.1 Å². The molecule has 3 aromatic rings. The molecule has 1 heterocycles. The van der Waals surface area contributed by atoms with Crippen LogP contribution in [0.5, 0.6) is 0 Å². The molecule has 0 spiro atoms. The van der Waals surface area contributed by atoms with E-state index in [9.17, 15) is 9.59 Å². The molecule has 0 fully saturated rings. The lowest BCUT2D eigenvalue weighted by Crippen LogP contribution is -2.17. The predicted octanol–water partition coefficient (Wildman–Crippen LogP) is 2.38. The minimum atomic E-state index is -1.01. The molecule has 0 aliphatic carbocycles. The Morgan fingerprint density at radius 1 is 1.24 bits per heavy atom. The van der Waals surface area contributed by atoms with Crippen molar-refractivity contribution in [2.45, 2.75) is 13.5 Å². The number of carbonyl (C=O) groups is 1. The molecule has 1 aromatic heterocycles. The average Bonchev–Trinajstić information content (AvgIpc) is 2.74. The van der Waals surface area contributed by atoms with Gasteiger partial charge in [0.05, 0.1) is 23.1 Å². The number of imidazole rings is 1. The third-order valence-electron chi connectivity index (χ3n) is 3.44. The van der Waals surface area contributed by atoms with Crippen LogP contribution in [0.25, 0.3) is 11.0 Å². The summed E-state index contributed by atoms with van der Waals surface area (Å²) in [6.45, 7) is 2.45. The first-order valence-electron chi connectivity index (χ1n) is 6.56. The lowest BCUT2D eigenvalue weighted by molar-refractivity contribution is 0.0697. The van der Waals surface area contributed by atoms with Gasteiger partial charge in [0.15, 0.2) is 0 Å². The number of carboxylic acid groups (broad SMARTS) is 1. The number of nitrogens with one attached hydrogen (secondary N) is 1. The second kappa shape index (κ2) is 4.94. The van der Waals surface area contributed by atoms with Gasteiger partial charge in [0, 0.05) is 0 Å². The van der Waals surface area contributed by atoms with Crippen molar-refractivity contribution < 1.29 is 9.90 Å². The van der Waals surface area contributed by atoms with Crippen LogP contribution in [0.3, 0.4) is 0 Å². The zero-order valence-electron chi connectivity index (χ0n) is 11.5. The van der Waals surface area contributed by atoms with Gasteiger partial charge in [-0.3, -0.25) is 4.57 Å². The number of fused-ring (bicyclic) bond motifs is 1. The maximum atomic E-state index is 12.1. The van der Waals surface area contributed by atoms with Gasteiger partial charge in [-0.05, 0) is 30.7 Å². The standard InChI is InChI=1S/C16H14N2O3/c1-10-3-2-4-11(7-10)9-18-14-6-5-12(15(19)20)8-13(14)17-16(18)21/h2-8H,9H2,1H3,(H,17,21)(H,19,20). The lowest BCUT2D eigenvalue weighted by Gasteiger charge is -2.05. The summed E-state index contributed by atoms with van der Waals surface area (Å²) in [7, 11) is 0. The molecule has 0 aliphatic heterocycles. The molecule has 0 atom stereocenters. The van der Waals surface area contributed by atoms with Crippen LogP contribution in [-0.4, -0.2) is 20.6 Å². The molecule has 0 saturated heterocycles. The summed E-state index contributed by atoms with van der Waals surface area (Å²) in [5, 5.41) is 8.99. The zero-order chi connectivity index (χ0) is 15.0. The van der Waals surface area contributed by atoms with Crippen LogP contribution in [0, 0.1) is 6.92 Å². The second-order valence-electron chi connectivity index (χ2n) is 5.04. The van der Waals surface area contributed by atoms with Gasteiger partial charge in [0.2, 0.25) is 0 Å². The average molecular weight is 282 g/mol. The number of hydrogen-bond acceptors (Lipinski definition) is 2. The number of nitrogens with zero attached hydrogens (tertiary/aromatic N) is 1. The van der Waals surface area contributed by atoms with E-state index >= 15 is 0 Å². The molecule has 0 unspecified atom stereocenters. The monoisotopic (exact) mass is 282 g/mol. The van der Waals surface area contributed by atoms with Crippen LogP contribution in [0.4, 0.5) is 0 Å². The van der Waals surface area contributed by atoms with E-state index in [1.54, 1.807) is 10.6 Å². The molecule has 0 bridgehead atoms. The van der Waals surface area contributed by atoms with Gasteiger partial charge in [0.1, 0.15) is 0 Å². The Balaban J connectivity index is 2.08. The highest BCUT2D eigenvalue weighted by Gasteiger charge is 2.10. The van der Waals surface area contributed by atoms with E-state index in [4.69, 9.17) is 5.11 Å². The van der Waals surface area contributed by atoms with E-state index < -0.39 is 5.97 Å². The number of carboxylic acids is 1. The highest BCUT2D eigenvalue weighted by Crippen LogP contribution is 2.15. The van der Waals surface area contributed by atoms with E-state index in [0.717, 1.165) is 11.1 Å². The number of aromatic carboxylic acids is 1. The van der Waals surface area contributed by atoms with E-state index in [2.05, 4.69) is 4.98 Å². The summed E-state index contributed by atoms with van der Waals surface area (Å²) in [6, 6.07) is 12.6. The Kier molecular flexibility index (Phi) is 3.10. The summed E-state index contributed by atoms with van der Waals surface area (Å²) in [6.07, 6.45) is 0. The molecule has 5 nitrogen and oxygen atoms in total. The maximum Gasteiger partial charge on any atom is 0.335 e. The Bertz CT molecular complexity index is 890. The minimum Gasteiger partial charge on any atom is -0.478 e. The fourth-order valence-corrected chi connectivity index (χ4v) is 2.45. The minimum absolute atomic E-state index is 0.159. The molecule has 106 valence electrons. The summed E-state index contributed by atoms with van der Waals surface area (Å²) in [4.78, 5) is 25.7. The third kappa shape index (κ3) is 2.45. The molecule has 2 N–H and O–H groups in total. The number of hydrogen-bond donors (Lipinski definition) is 2. The first kappa shape index (κ1) is 13.2. The van der Waals surface area contributed by atoms with E-state index in [1.807, 2.05) is 31.2 Å². The second-order valence-corrected chi connectivity index (χ2v) is 5.04. The molecule has 0 saturated carbocycles. The highest BCUT2D eigenvalue weighted by atomic mass is 16.4. The van der Waals surface area contributed by atoms with Gasteiger partial charge in [-0.1, -0.05) is 29.8 Å². The summed E-state index contributed by atoms with van der Waals surface area (Å²) in [5.74, 6) is -1.01. The molecule has 3 rings (SSSR count). The fourth-order valence-electron chi connectivity index (χ4n) is 2.45. The predicted molar refractivity (Wildman–Crippen MR) is 79.8 cm³/mol. The van der Waals surface area contributed by atoms with Crippen molar-refractivity contribution in [2.75, 3.05) is 0 Å². The molecular weight excluding hydrogens is 268 g/mol. The largest absolute Gasteiger partial charge is 0.478 e. The van der Waals surface area contributed by atoms with E-state index in [1.165, 1.54) is 12.1 Å². The van der Waals surface area contributed by atoms with Crippen LogP contribution in [0.15, 0.2) is 47.3 Å². The van der Waals surface area contributed by atoms with Crippen molar-refractivity contribution in [1.29, 1.82) is 0 Å². The van der Waals surface area contributed by atoms with Gasteiger partial charge in [-0.25, -0.2) is 9.59 Å². The number of aromatic amines is 1. The van der Waals surface area contributed by atoms with Crippen molar-refractivity contribution in [3.05, 3.63) is 69.6 Å². The van der Waals surface area contributed by atoms with E-state index in [0.29, 0.717) is 17.6 Å². The van der Waals surface area contributed by atoms with Gasteiger partial charge < -0.3 is 10.1 Å². The molecule has 0 amide bonds. The molecule has 2 aromatic carbocycles. The van der Waals surface area contributed by atoms with Crippen LogP contribution in [0.1, 0.15) is 21.5 Å². The lowest BCUT2D eigenvalue weighted by atomic mass is 10.1. The third-order valence-corrected chi connectivity index (χ3v) is 3.44. The van der Waals surface area contributed by atoms with Gasteiger partial charge >= 0.3 is 11.7 Å². The first-order valence-corrected chi connectivity index (χ1v) is 6.56. The smallest absolute Gasteiger partial charge is 0.335 e. The van der Waals surface area contributed by atoms with Crippen LogP contribution in [-0.2, 0) is 6.54 Å². The zero-order valence-corrected chi connectivity index (χ0v) is 11.5. The van der Waals surface area contributed by atoms with Crippen LogP contribution in [0.2, 0.25) is 0 Å². The number of aryl methyl sites for hydroxylation is 1. The molecule has 0 radical (unpaired) electrons. The van der Waals surface area contributed by atoms with Crippen LogP contribution < -0.4 is 5.69 Å². The molecule has 5 heteroatoms. The maximum absolute atomic E-state index is 12.1. The van der Waals surface area contributed by atoms with Gasteiger partial charge in [-0.15, -0.1) is 0 Å². The van der Waals surface area contributed by atoms with Gasteiger partial charge in [-0.2, -0.15) is 0 Å². The summed E-state index contributed by atoms with van der Waals surface area (Å²) in [5.41, 5.74) is 3.31. The highest BCUT2D eigenvalue weighted by molar-refractivity contribution is 5.92. The number of aromatic nitrogens is 2.